The minimum atomic E-state index is -4.27. The van der Waals surface area contributed by atoms with Gasteiger partial charge in [0, 0.05) is 0 Å². The maximum absolute atomic E-state index is 11.0. The van der Waals surface area contributed by atoms with Gasteiger partial charge in [-0.15, -0.1) is 0 Å². The number of aliphatic hydroxyl groups is 1. The number of hydrogen-bond donors (Lipinski definition) is 1. The van der Waals surface area contributed by atoms with Crippen molar-refractivity contribution in [2.45, 2.75) is 70.1 Å². The molecule has 0 aliphatic heterocycles. The maximum Gasteiger partial charge on any atom is 1.00 e. The monoisotopic (exact) mass is 290 g/mol. The van der Waals surface area contributed by atoms with Crippen molar-refractivity contribution in [1.82, 2.24) is 0 Å². The van der Waals surface area contributed by atoms with Gasteiger partial charge in [-0.1, -0.05) is 39.5 Å². The summed E-state index contributed by atoms with van der Waals surface area (Å²) in [5, 5.41) is 8.69. The first-order chi connectivity index (χ1) is 7.41. The van der Waals surface area contributed by atoms with Gasteiger partial charge in [0.25, 0.3) is 0 Å². The summed E-state index contributed by atoms with van der Waals surface area (Å²) < 4.78 is 32.9. The Morgan fingerprint density at radius 1 is 1.12 bits per heavy atom. The summed E-state index contributed by atoms with van der Waals surface area (Å²) in [5.41, 5.74) is 0. The molecule has 0 saturated heterocycles. The minimum Gasteiger partial charge on any atom is -0.748 e. The Morgan fingerprint density at radius 3 is 2.00 bits per heavy atom. The van der Waals surface area contributed by atoms with Gasteiger partial charge in [-0.2, -0.15) is 0 Å². The van der Waals surface area contributed by atoms with Crippen molar-refractivity contribution in [2.24, 2.45) is 0 Å². The quantitative estimate of drug-likeness (QED) is 0.438. The molecule has 2 atom stereocenters. The van der Waals surface area contributed by atoms with E-state index in [4.69, 9.17) is 0 Å². The Labute approximate surface area is 148 Å². The molecule has 0 fully saturated rings. The summed E-state index contributed by atoms with van der Waals surface area (Å²) in [6, 6.07) is 0. The number of hydrogen-bond acceptors (Lipinski definition) is 4. The fraction of sp³-hybridized carbons (Fsp3) is 1.00. The SMILES string of the molecule is CCCCC(O)CC(CCCC)S(=O)(=O)[O-].[K+]. The first-order valence-corrected chi connectivity index (χ1v) is 7.51. The second-order valence-corrected chi connectivity index (χ2v) is 5.94. The van der Waals surface area contributed by atoms with Gasteiger partial charge in [0.05, 0.1) is 21.5 Å². The van der Waals surface area contributed by atoms with Gasteiger partial charge in [0.15, 0.2) is 0 Å². The molecule has 0 aromatic heterocycles. The average Bonchev–Trinajstić information content (AvgIpc) is 2.19. The Morgan fingerprint density at radius 2 is 1.59 bits per heavy atom. The first-order valence-electron chi connectivity index (χ1n) is 6.04. The van der Waals surface area contributed by atoms with Gasteiger partial charge in [0.2, 0.25) is 0 Å². The summed E-state index contributed by atoms with van der Waals surface area (Å²) >= 11 is 0. The van der Waals surface area contributed by atoms with Crippen molar-refractivity contribution in [3.05, 3.63) is 0 Å². The molecule has 98 valence electrons. The third-order valence-corrected chi connectivity index (χ3v) is 3.96. The summed E-state index contributed by atoms with van der Waals surface area (Å²) in [6.45, 7) is 3.95. The summed E-state index contributed by atoms with van der Waals surface area (Å²) in [4.78, 5) is 0. The summed E-state index contributed by atoms with van der Waals surface area (Å²) in [6.07, 6.45) is 3.77. The molecule has 2 unspecified atom stereocenters. The average molecular weight is 290 g/mol. The molecular formula is C11H23KO4S. The van der Waals surface area contributed by atoms with E-state index in [9.17, 15) is 18.1 Å². The van der Waals surface area contributed by atoms with E-state index in [1.54, 1.807) is 0 Å². The van der Waals surface area contributed by atoms with Crippen LogP contribution in [-0.2, 0) is 10.1 Å². The zero-order valence-electron chi connectivity index (χ0n) is 11.2. The van der Waals surface area contributed by atoms with Gasteiger partial charge in [-0.25, -0.2) is 8.42 Å². The Kier molecular flexibility index (Phi) is 13.9. The number of rotatable bonds is 9. The molecule has 0 saturated carbocycles. The van der Waals surface area contributed by atoms with Crippen molar-refractivity contribution in [3.63, 3.8) is 0 Å². The van der Waals surface area contributed by atoms with E-state index in [2.05, 4.69) is 0 Å². The van der Waals surface area contributed by atoms with E-state index in [1.165, 1.54) is 0 Å². The standard InChI is InChI=1S/C11H24O4S.K/c1-3-5-7-10(12)9-11(8-6-4-2)16(13,14)15;/h10-12H,3-9H2,1-2H3,(H,13,14,15);/q;+1/p-1. The molecule has 0 aromatic carbocycles. The van der Waals surface area contributed by atoms with Crippen molar-refractivity contribution in [2.75, 3.05) is 0 Å². The van der Waals surface area contributed by atoms with Gasteiger partial charge in [-0.05, 0) is 19.3 Å². The fourth-order valence-electron chi connectivity index (χ4n) is 1.67. The predicted octanol–water partition coefficient (Wildman–Crippen LogP) is -0.964. The molecule has 6 heteroatoms. The van der Waals surface area contributed by atoms with E-state index in [-0.39, 0.29) is 57.8 Å². The van der Waals surface area contributed by atoms with E-state index in [1.807, 2.05) is 13.8 Å². The van der Waals surface area contributed by atoms with Crippen LogP contribution in [-0.4, -0.2) is 29.4 Å². The second kappa shape index (κ2) is 11.3. The van der Waals surface area contributed by atoms with Gasteiger partial charge in [-0.3, -0.25) is 0 Å². The molecule has 0 aromatic rings. The van der Waals surface area contributed by atoms with Crippen molar-refractivity contribution in [3.8, 4) is 0 Å². The Balaban J connectivity index is 0. The third-order valence-electron chi connectivity index (χ3n) is 2.71. The van der Waals surface area contributed by atoms with E-state index >= 15 is 0 Å². The molecule has 17 heavy (non-hydrogen) atoms. The largest absolute Gasteiger partial charge is 1.00 e. The van der Waals surface area contributed by atoms with Gasteiger partial charge < -0.3 is 9.66 Å². The van der Waals surface area contributed by atoms with Crippen molar-refractivity contribution in [1.29, 1.82) is 0 Å². The summed E-state index contributed by atoms with van der Waals surface area (Å²) in [7, 11) is -4.27. The van der Waals surface area contributed by atoms with Crippen LogP contribution < -0.4 is 51.4 Å². The molecule has 0 rings (SSSR count). The van der Waals surface area contributed by atoms with Crippen LogP contribution in [0.1, 0.15) is 58.8 Å². The molecule has 0 aliphatic carbocycles. The fourth-order valence-corrected chi connectivity index (χ4v) is 2.59. The van der Waals surface area contributed by atoms with E-state index in [0.29, 0.717) is 19.3 Å². The van der Waals surface area contributed by atoms with Crippen LogP contribution in [0.3, 0.4) is 0 Å². The Hall–Kier alpha value is 1.51. The second-order valence-electron chi connectivity index (χ2n) is 4.29. The van der Waals surface area contributed by atoms with Gasteiger partial charge >= 0.3 is 51.4 Å². The zero-order chi connectivity index (χ0) is 12.6. The van der Waals surface area contributed by atoms with Crippen LogP contribution in [0.15, 0.2) is 0 Å². The molecule has 0 spiro atoms. The molecule has 0 bridgehead atoms. The molecule has 0 radical (unpaired) electrons. The number of unbranched alkanes of at least 4 members (excludes halogenated alkanes) is 2. The smallest absolute Gasteiger partial charge is 0.748 e. The summed E-state index contributed by atoms with van der Waals surface area (Å²) in [5.74, 6) is 0. The van der Waals surface area contributed by atoms with Crippen molar-refractivity contribution < 1.29 is 69.5 Å². The molecule has 0 amide bonds. The first kappa shape index (κ1) is 20.8. The van der Waals surface area contributed by atoms with Crippen LogP contribution in [0.2, 0.25) is 0 Å². The van der Waals surface area contributed by atoms with Crippen LogP contribution >= 0.6 is 0 Å². The van der Waals surface area contributed by atoms with E-state index < -0.39 is 21.5 Å². The number of aliphatic hydroxyl groups excluding tert-OH is 1. The molecule has 4 nitrogen and oxygen atoms in total. The Bertz CT molecular complexity index is 267. The minimum absolute atomic E-state index is 0. The third kappa shape index (κ3) is 11.1. The van der Waals surface area contributed by atoms with Crippen LogP contribution in [0, 0.1) is 0 Å². The molecular weight excluding hydrogens is 267 g/mol. The normalized spacial score (nSPS) is 15.1. The van der Waals surface area contributed by atoms with Crippen LogP contribution in [0.25, 0.3) is 0 Å². The zero-order valence-corrected chi connectivity index (χ0v) is 15.1. The molecule has 0 heterocycles. The maximum atomic E-state index is 11.0. The predicted molar refractivity (Wildman–Crippen MR) is 63.2 cm³/mol. The molecule has 1 N–H and O–H groups in total. The van der Waals surface area contributed by atoms with Gasteiger partial charge in [0.1, 0.15) is 0 Å². The van der Waals surface area contributed by atoms with Crippen molar-refractivity contribution >= 4 is 10.1 Å². The van der Waals surface area contributed by atoms with E-state index in [0.717, 1.165) is 19.3 Å². The van der Waals surface area contributed by atoms with Crippen LogP contribution in [0.4, 0.5) is 0 Å². The van der Waals surface area contributed by atoms with Crippen LogP contribution in [0.5, 0.6) is 0 Å². The molecule has 0 aliphatic rings. The topological polar surface area (TPSA) is 77.4 Å².